The van der Waals surface area contributed by atoms with E-state index < -0.39 is 16.7 Å². The lowest BCUT2D eigenvalue weighted by atomic mass is 9.86. The minimum absolute atomic E-state index is 0.0654. The molecular weight excluding hydrogens is 268 g/mol. The van der Waals surface area contributed by atoms with Crippen LogP contribution in [0.25, 0.3) is 0 Å². The van der Waals surface area contributed by atoms with Gasteiger partial charge < -0.3 is 19.3 Å². The number of hydrogen-bond acceptors (Lipinski definition) is 5. The largest absolute Gasteiger partial charge is 0.611 e. The van der Waals surface area contributed by atoms with Gasteiger partial charge in [-0.05, 0) is 17.2 Å². The molecule has 0 aromatic heterocycles. The number of hydrogen-bond donors (Lipinski definition) is 2. The molecule has 1 fully saturated rings. The van der Waals surface area contributed by atoms with Gasteiger partial charge in [-0.25, -0.2) is 0 Å². The highest BCUT2D eigenvalue weighted by atomic mass is 32.2. The zero-order valence-electron chi connectivity index (χ0n) is 10.0. The Morgan fingerprint density at radius 1 is 1.32 bits per heavy atom. The number of amides is 1. The molecule has 1 aromatic carbocycles. The summed E-state index contributed by atoms with van der Waals surface area (Å²) in [6.07, 6.45) is 0.526. The molecule has 1 aromatic rings. The van der Waals surface area contributed by atoms with Gasteiger partial charge in [0.05, 0.1) is 6.67 Å². The van der Waals surface area contributed by atoms with Gasteiger partial charge in [0.2, 0.25) is 12.7 Å². The molecule has 2 N–H and O–H groups in total. The number of nitrogens with one attached hydrogen (secondary N) is 2. The van der Waals surface area contributed by atoms with Crippen molar-refractivity contribution in [1.82, 2.24) is 10.6 Å². The summed E-state index contributed by atoms with van der Waals surface area (Å²) >= 11 is -1.10. The van der Waals surface area contributed by atoms with Gasteiger partial charge in [-0.3, -0.25) is 10.1 Å². The van der Waals surface area contributed by atoms with Crippen LogP contribution in [0.1, 0.15) is 12.0 Å². The molecule has 19 heavy (non-hydrogen) atoms. The number of carbonyl (C=O) groups excluding carboxylic acids is 1. The van der Waals surface area contributed by atoms with E-state index >= 15 is 0 Å². The number of carbonyl (C=O) groups is 1. The van der Waals surface area contributed by atoms with Crippen LogP contribution in [0.15, 0.2) is 17.0 Å². The fourth-order valence-corrected chi connectivity index (χ4v) is 4.29. The van der Waals surface area contributed by atoms with Crippen molar-refractivity contribution in [2.75, 3.05) is 19.2 Å². The van der Waals surface area contributed by atoms with Crippen molar-refractivity contribution in [3.63, 3.8) is 0 Å². The fourth-order valence-electron chi connectivity index (χ4n) is 2.86. The van der Waals surface area contributed by atoms with E-state index in [1.54, 1.807) is 12.1 Å². The molecule has 1 spiro atoms. The molecule has 3 heterocycles. The first-order valence-corrected chi connectivity index (χ1v) is 7.38. The molecule has 6 nitrogen and oxygen atoms in total. The maximum absolute atomic E-state index is 12.2. The van der Waals surface area contributed by atoms with Gasteiger partial charge in [-0.1, -0.05) is 0 Å². The molecule has 2 unspecified atom stereocenters. The van der Waals surface area contributed by atoms with Gasteiger partial charge in [0.15, 0.2) is 16.4 Å². The van der Waals surface area contributed by atoms with E-state index in [2.05, 4.69) is 10.6 Å². The summed E-state index contributed by atoms with van der Waals surface area (Å²) < 4.78 is 22.9. The summed E-state index contributed by atoms with van der Waals surface area (Å²) in [5.74, 6) is 1.61. The molecule has 0 aliphatic carbocycles. The minimum atomic E-state index is -1.10. The Morgan fingerprint density at radius 2 is 2.11 bits per heavy atom. The van der Waals surface area contributed by atoms with Crippen LogP contribution in [0, 0.1) is 0 Å². The molecule has 3 aliphatic rings. The van der Waals surface area contributed by atoms with Gasteiger partial charge in [-0.2, -0.15) is 0 Å². The highest BCUT2D eigenvalue weighted by Crippen LogP contribution is 2.45. The van der Waals surface area contributed by atoms with Crippen LogP contribution in [0.4, 0.5) is 0 Å². The van der Waals surface area contributed by atoms with Crippen LogP contribution in [0.2, 0.25) is 0 Å². The summed E-state index contributed by atoms with van der Waals surface area (Å²) in [6.45, 7) is 0.594. The molecule has 0 radical (unpaired) electrons. The van der Waals surface area contributed by atoms with E-state index in [0.717, 1.165) is 5.56 Å². The lowest BCUT2D eigenvalue weighted by Gasteiger charge is -2.33. The monoisotopic (exact) mass is 280 g/mol. The average molecular weight is 280 g/mol. The summed E-state index contributed by atoms with van der Waals surface area (Å²) in [7, 11) is 0. The molecule has 0 saturated carbocycles. The van der Waals surface area contributed by atoms with Gasteiger partial charge in [-0.15, -0.1) is 0 Å². The van der Waals surface area contributed by atoms with Crippen molar-refractivity contribution in [1.29, 1.82) is 0 Å². The normalized spacial score (nSPS) is 31.4. The van der Waals surface area contributed by atoms with Crippen molar-refractivity contribution in [2.24, 2.45) is 0 Å². The molecule has 1 saturated heterocycles. The number of rotatable bonds is 0. The molecule has 4 rings (SSSR count). The Kier molecular flexibility index (Phi) is 2.27. The molecule has 3 aliphatic heterocycles. The van der Waals surface area contributed by atoms with Crippen molar-refractivity contribution < 1.29 is 18.8 Å². The highest BCUT2D eigenvalue weighted by Gasteiger charge is 2.51. The van der Waals surface area contributed by atoms with Gasteiger partial charge in [0.25, 0.3) is 0 Å². The lowest BCUT2D eigenvalue weighted by molar-refractivity contribution is -0.124. The Bertz CT molecular complexity index is 579. The average Bonchev–Trinajstić information content (AvgIpc) is 3.00. The standard InChI is InChI=1S/C12H12N2O4S/c15-11-12(14-5-13-11)1-2-19(16)10-4-9-8(3-7(10)12)17-6-18-9/h3-4,14H,1-2,5-6H2,(H,13,15). The maximum atomic E-state index is 12.2. The SMILES string of the molecule is O=C1NCNC12CC[S+]([O-])c1cc3c(cc12)OCO3. The molecule has 2 atom stereocenters. The van der Waals surface area contributed by atoms with Crippen LogP contribution in [0.5, 0.6) is 11.5 Å². The van der Waals surface area contributed by atoms with Crippen LogP contribution in [0.3, 0.4) is 0 Å². The first kappa shape index (κ1) is 11.4. The van der Waals surface area contributed by atoms with Gasteiger partial charge in [0.1, 0.15) is 11.3 Å². The third-order valence-electron chi connectivity index (χ3n) is 3.87. The van der Waals surface area contributed by atoms with Crippen molar-refractivity contribution in [3.8, 4) is 11.5 Å². The van der Waals surface area contributed by atoms with E-state index in [-0.39, 0.29) is 12.7 Å². The van der Waals surface area contributed by atoms with E-state index in [1.807, 2.05) is 0 Å². The van der Waals surface area contributed by atoms with Crippen LogP contribution >= 0.6 is 0 Å². The van der Waals surface area contributed by atoms with E-state index in [4.69, 9.17) is 9.47 Å². The van der Waals surface area contributed by atoms with E-state index in [0.29, 0.717) is 35.2 Å². The molecular formula is C12H12N2O4S. The first-order valence-electron chi connectivity index (χ1n) is 6.06. The summed E-state index contributed by atoms with van der Waals surface area (Å²) in [5.41, 5.74) is -0.0270. The highest BCUT2D eigenvalue weighted by molar-refractivity contribution is 7.91. The maximum Gasteiger partial charge on any atom is 0.246 e. The zero-order chi connectivity index (χ0) is 13.0. The number of fused-ring (bicyclic) bond motifs is 3. The van der Waals surface area contributed by atoms with Crippen LogP contribution in [-0.2, 0) is 21.5 Å². The fraction of sp³-hybridized carbons (Fsp3) is 0.417. The van der Waals surface area contributed by atoms with Crippen molar-refractivity contribution in [3.05, 3.63) is 17.7 Å². The Labute approximate surface area is 112 Å². The van der Waals surface area contributed by atoms with E-state index in [1.165, 1.54) is 0 Å². The minimum Gasteiger partial charge on any atom is -0.611 e. The number of benzene rings is 1. The zero-order valence-corrected chi connectivity index (χ0v) is 10.8. The predicted octanol–water partition coefficient (Wildman–Crippen LogP) is -0.201. The van der Waals surface area contributed by atoms with Gasteiger partial charge >= 0.3 is 0 Å². The van der Waals surface area contributed by atoms with Gasteiger partial charge in [0, 0.05) is 18.1 Å². The third-order valence-corrected chi connectivity index (χ3v) is 5.27. The smallest absolute Gasteiger partial charge is 0.246 e. The second-order valence-corrected chi connectivity index (χ2v) is 6.31. The lowest BCUT2D eigenvalue weighted by Crippen LogP contribution is -2.48. The van der Waals surface area contributed by atoms with Crippen LogP contribution in [-0.4, -0.2) is 29.7 Å². The topological polar surface area (TPSA) is 82.7 Å². The number of ether oxygens (including phenoxy) is 2. The second-order valence-electron chi connectivity index (χ2n) is 4.77. The Balaban J connectivity index is 1.93. The van der Waals surface area contributed by atoms with Crippen LogP contribution < -0.4 is 20.1 Å². The third kappa shape index (κ3) is 1.43. The quantitative estimate of drug-likeness (QED) is 0.643. The molecule has 1 amide bonds. The molecule has 7 heteroatoms. The second kappa shape index (κ2) is 3.78. The summed E-state index contributed by atoms with van der Waals surface area (Å²) in [6, 6.07) is 3.52. The van der Waals surface area contributed by atoms with E-state index in [9.17, 15) is 9.35 Å². The Morgan fingerprint density at radius 3 is 2.84 bits per heavy atom. The Hall–Kier alpha value is -1.44. The predicted molar refractivity (Wildman–Crippen MR) is 66.3 cm³/mol. The molecule has 0 bridgehead atoms. The summed E-state index contributed by atoms with van der Waals surface area (Å²) in [4.78, 5) is 12.8. The molecule has 100 valence electrons. The first-order chi connectivity index (χ1) is 9.21. The summed E-state index contributed by atoms with van der Waals surface area (Å²) in [5, 5.41) is 5.98. The van der Waals surface area contributed by atoms with Crippen molar-refractivity contribution >= 4 is 17.1 Å². The van der Waals surface area contributed by atoms with Crippen molar-refractivity contribution in [2.45, 2.75) is 16.9 Å².